The summed E-state index contributed by atoms with van der Waals surface area (Å²) in [7, 11) is 4.05. The molecular weight excluding hydrogens is 378 g/mol. The van der Waals surface area contributed by atoms with Crippen molar-refractivity contribution in [1.82, 2.24) is 5.32 Å². The molecule has 2 atom stereocenters. The largest absolute Gasteiger partial charge is 0.490 e. The lowest BCUT2D eigenvalue weighted by atomic mass is 10.0. The topological polar surface area (TPSA) is 55.2 Å². The van der Waals surface area contributed by atoms with Gasteiger partial charge in [0.05, 0.1) is 19.8 Å². The Labute approximate surface area is 178 Å². The fraction of sp³-hybridized carbons (Fsp3) is 0.458. The van der Waals surface area contributed by atoms with Crippen LogP contribution >= 0.6 is 0 Å². The highest BCUT2D eigenvalue weighted by Crippen LogP contribution is 2.33. The van der Waals surface area contributed by atoms with Gasteiger partial charge < -0.3 is 24.6 Å². The molecule has 2 aliphatic rings. The zero-order valence-corrected chi connectivity index (χ0v) is 17.9. The molecule has 1 unspecified atom stereocenters. The van der Waals surface area contributed by atoms with Crippen molar-refractivity contribution >= 4 is 11.6 Å². The fourth-order valence-corrected chi connectivity index (χ4v) is 4.30. The van der Waals surface area contributed by atoms with Crippen LogP contribution in [-0.2, 0) is 11.3 Å². The van der Waals surface area contributed by atoms with Crippen molar-refractivity contribution in [2.75, 3.05) is 45.3 Å². The number of hydrogen-bond donors (Lipinski definition) is 2. The van der Waals surface area contributed by atoms with Gasteiger partial charge in [-0.05, 0) is 35.9 Å². The first-order chi connectivity index (χ1) is 14.6. The van der Waals surface area contributed by atoms with E-state index in [1.54, 1.807) is 0 Å². The second-order valence-corrected chi connectivity index (χ2v) is 8.37. The maximum atomic E-state index is 12.6. The quantitative estimate of drug-likeness (QED) is 0.764. The predicted molar refractivity (Wildman–Crippen MR) is 117 cm³/mol. The van der Waals surface area contributed by atoms with E-state index in [9.17, 15) is 4.79 Å². The van der Waals surface area contributed by atoms with E-state index < -0.39 is 0 Å². The molecule has 4 rings (SSSR count). The molecule has 30 heavy (non-hydrogen) atoms. The third-order valence-corrected chi connectivity index (χ3v) is 5.99. The highest BCUT2D eigenvalue weighted by Gasteiger charge is 2.32. The molecule has 0 radical (unpaired) electrons. The minimum Gasteiger partial charge on any atom is -0.490 e. The van der Waals surface area contributed by atoms with Crippen LogP contribution in [0.15, 0.2) is 42.5 Å². The molecule has 160 valence electrons. The average molecular weight is 411 g/mol. The fourth-order valence-electron chi connectivity index (χ4n) is 4.30. The zero-order valence-electron chi connectivity index (χ0n) is 17.9. The average Bonchev–Trinajstić information content (AvgIpc) is 3.07. The number of likely N-dealkylation sites (tertiary alicyclic amines) is 1. The van der Waals surface area contributed by atoms with Gasteiger partial charge in [-0.3, -0.25) is 4.79 Å². The molecule has 0 saturated carbocycles. The second-order valence-electron chi connectivity index (χ2n) is 8.37. The summed E-state index contributed by atoms with van der Waals surface area (Å²) in [4.78, 5) is 16.0. The van der Waals surface area contributed by atoms with Crippen molar-refractivity contribution in [2.24, 2.45) is 0 Å². The van der Waals surface area contributed by atoms with E-state index in [0.29, 0.717) is 32.3 Å². The number of nitrogens with one attached hydrogen (secondary N) is 2. The molecule has 2 aromatic rings. The molecule has 1 fully saturated rings. The number of benzene rings is 2. The van der Waals surface area contributed by atoms with Crippen molar-refractivity contribution < 1.29 is 19.2 Å². The molecule has 1 amide bonds. The van der Waals surface area contributed by atoms with E-state index in [4.69, 9.17) is 9.47 Å². The lowest BCUT2D eigenvalue weighted by Crippen LogP contribution is -3.11. The summed E-state index contributed by atoms with van der Waals surface area (Å²) in [6.07, 6.45) is 3.13. The van der Waals surface area contributed by atoms with Gasteiger partial charge in [0.15, 0.2) is 18.0 Å². The SMILES string of the molecule is CN(C)c1ccc(CNC(=O)C[NH+]2CCC[C@H]2c2ccc3c(c2)OCCCO3)cc1. The highest BCUT2D eigenvalue weighted by molar-refractivity contribution is 5.76. The van der Waals surface area contributed by atoms with Gasteiger partial charge in [-0.15, -0.1) is 0 Å². The summed E-state index contributed by atoms with van der Waals surface area (Å²) in [5, 5.41) is 3.09. The normalized spacial score (nSPS) is 20.5. The van der Waals surface area contributed by atoms with Crippen LogP contribution in [-0.4, -0.2) is 46.3 Å². The van der Waals surface area contributed by atoms with Gasteiger partial charge in [-0.1, -0.05) is 12.1 Å². The van der Waals surface area contributed by atoms with Crippen LogP contribution in [0.1, 0.15) is 36.4 Å². The highest BCUT2D eigenvalue weighted by atomic mass is 16.5. The summed E-state index contributed by atoms with van der Waals surface area (Å²) in [5.74, 6) is 1.76. The van der Waals surface area contributed by atoms with Crippen LogP contribution in [0.3, 0.4) is 0 Å². The molecule has 2 N–H and O–H groups in total. The third-order valence-electron chi connectivity index (χ3n) is 5.99. The second kappa shape index (κ2) is 9.39. The first-order valence-electron chi connectivity index (χ1n) is 10.9. The zero-order chi connectivity index (χ0) is 20.9. The lowest BCUT2D eigenvalue weighted by Gasteiger charge is -2.22. The molecule has 2 heterocycles. The van der Waals surface area contributed by atoms with Gasteiger partial charge in [-0.25, -0.2) is 0 Å². The van der Waals surface area contributed by atoms with E-state index in [1.807, 2.05) is 20.2 Å². The van der Waals surface area contributed by atoms with Crippen LogP contribution < -0.4 is 24.6 Å². The van der Waals surface area contributed by atoms with Crippen molar-refractivity contribution in [3.8, 4) is 11.5 Å². The Morgan fingerprint density at radius 2 is 1.83 bits per heavy atom. The lowest BCUT2D eigenvalue weighted by molar-refractivity contribution is -0.910. The monoisotopic (exact) mass is 410 g/mol. The number of ether oxygens (including phenoxy) is 2. The summed E-state index contributed by atoms with van der Waals surface area (Å²) in [6, 6.07) is 14.9. The number of carbonyl (C=O) groups excluding carboxylic acids is 1. The van der Waals surface area contributed by atoms with Crippen LogP contribution in [0.25, 0.3) is 0 Å². The molecular formula is C24H32N3O3+. The van der Waals surface area contributed by atoms with E-state index in [0.717, 1.165) is 48.6 Å². The molecule has 0 bridgehead atoms. The van der Waals surface area contributed by atoms with E-state index >= 15 is 0 Å². The summed E-state index contributed by atoms with van der Waals surface area (Å²) >= 11 is 0. The Morgan fingerprint density at radius 1 is 1.07 bits per heavy atom. The van der Waals surface area contributed by atoms with Gasteiger partial charge in [0.2, 0.25) is 0 Å². The van der Waals surface area contributed by atoms with Crippen molar-refractivity contribution in [3.05, 3.63) is 53.6 Å². The Kier molecular flexibility index (Phi) is 6.43. The van der Waals surface area contributed by atoms with Crippen molar-refractivity contribution in [1.29, 1.82) is 0 Å². The van der Waals surface area contributed by atoms with Gasteiger partial charge in [0, 0.05) is 51.2 Å². The van der Waals surface area contributed by atoms with Gasteiger partial charge in [-0.2, -0.15) is 0 Å². The van der Waals surface area contributed by atoms with Crippen molar-refractivity contribution in [3.63, 3.8) is 0 Å². The molecule has 0 spiro atoms. The van der Waals surface area contributed by atoms with Crippen LogP contribution in [0, 0.1) is 0 Å². The van der Waals surface area contributed by atoms with E-state index in [1.165, 1.54) is 10.5 Å². The smallest absolute Gasteiger partial charge is 0.275 e. The van der Waals surface area contributed by atoms with Crippen LogP contribution in [0.2, 0.25) is 0 Å². The van der Waals surface area contributed by atoms with Crippen LogP contribution in [0.5, 0.6) is 11.5 Å². The van der Waals surface area contributed by atoms with Crippen LogP contribution in [0.4, 0.5) is 5.69 Å². The molecule has 0 aliphatic carbocycles. The predicted octanol–water partition coefficient (Wildman–Crippen LogP) is 1.95. The van der Waals surface area contributed by atoms with Gasteiger partial charge in [0.1, 0.15) is 6.04 Å². The standard InChI is InChI=1S/C24H31N3O3/c1-26(2)20-9-6-18(7-10-20)16-25-24(28)17-27-12-3-5-21(27)19-8-11-22-23(15-19)30-14-4-13-29-22/h6-11,15,21H,3-5,12-14,16-17H2,1-2H3,(H,25,28)/p+1/t21-/m0/s1. The van der Waals surface area contributed by atoms with Crippen molar-refractivity contribution in [2.45, 2.75) is 31.8 Å². The Morgan fingerprint density at radius 3 is 2.60 bits per heavy atom. The third kappa shape index (κ3) is 4.87. The number of anilines is 1. The first kappa shape index (κ1) is 20.5. The number of rotatable bonds is 6. The Balaban J connectivity index is 1.34. The molecule has 6 nitrogen and oxygen atoms in total. The summed E-state index contributed by atoms with van der Waals surface area (Å²) in [6.45, 7) is 3.47. The van der Waals surface area contributed by atoms with E-state index in [-0.39, 0.29) is 5.91 Å². The first-order valence-corrected chi connectivity index (χ1v) is 10.9. The molecule has 1 saturated heterocycles. The molecule has 0 aromatic heterocycles. The Bertz CT molecular complexity index is 866. The number of fused-ring (bicyclic) bond motifs is 1. The number of hydrogen-bond acceptors (Lipinski definition) is 4. The number of quaternary nitrogens is 1. The Hall–Kier alpha value is -2.73. The molecule has 2 aliphatic heterocycles. The summed E-state index contributed by atoms with van der Waals surface area (Å²) < 4.78 is 11.6. The van der Waals surface area contributed by atoms with Gasteiger partial charge >= 0.3 is 0 Å². The number of carbonyl (C=O) groups is 1. The number of nitrogens with zero attached hydrogens (tertiary/aromatic N) is 1. The maximum Gasteiger partial charge on any atom is 0.275 e. The molecule has 2 aromatic carbocycles. The number of amides is 1. The minimum atomic E-state index is 0.0999. The van der Waals surface area contributed by atoms with E-state index in [2.05, 4.69) is 46.6 Å². The maximum absolute atomic E-state index is 12.6. The molecule has 6 heteroatoms. The van der Waals surface area contributed by atoms with Gasteiger partial charge in [0.25, 0.3) is 5.91 Å². The minimum absolute atomic E-state index is 0.0999. The summed E-state index contributed by atoms with van der Waals surface area (Å²) in [5.41, 5.74) is 3.51.